The lowest BCUT2D eigenvalue weighted by Crippen LogP contribution is -2.42. The van der Waals surface area contributed by atoms with E-state index in [1.54, 1.807) is 23.5 Å². The Hall–Kier alpha value is -1.16. The minimum absolute atomic E-state index is 0.0610. The fraction of sp³-hybridized carbons (Fsp3) is 0.538. The van der Waals surface area contributed by atoms with E-state index in [2.05, 4.69) is 17.2 Å². The zero-order valence-corrected chi connectivity index (χ0v) is 11.7. The normalized spacial score (nSPS) is 12.0. The standard InChI is InChI=1S/C13H20N2OS/c1-5-8-13(3,4)15-12(16)7-6-11-9-17-10(2)14-11/h6-7,9H,5,8H2,1-4H3,(H,15,16)/b7-6-. The lowest BCUT2D eigenvalue weighted by molar-refractivity contribution is -0.118. The molecule has 0 aliphatic heterocycles. The molecule has 0 saturated carbocycles. The van der Waals surface area contributed by atoms with E-state index >= 15 is 0 Å². The van der Waals surface area contributed by atoms with Crippen LogP contribution in [0, 0.1) is 6.92 Å². The number of aryl methyl sites for hydroxylation is 1. The molecule has 0 aromatic carbocycles. The monoisotopic (exact) mass is 252 g/mol. The van der Waals surface area contributed by atoms with Gasteiger partial charge in [-0.05, 0) is 33.3 Å². The van der Waals surface area contributed by atoms with Crippen LogP contribution in [0.4, 0.5) is 0 Å². The summed E-state index contributed by atoms with van der Waals surface area (Å²) in [6.07, 6.45) is 5.33. The predicted molar refractivity (Wildman–Crippen MR) is 73.0 cm³/mol. The van der Waals surface area contributed by atoms with Gasteiger partial charge in [0, 0.05) is 17.0 Å². The molecular weight excluding hydrogens is 232 g/mol. The van der Waals surface area contributed by atoms with Crippen LogP contribution in [-0.2, 0) is 4.79 Å². The summed E-state index contributed by atoms with van der Waals surface area (Å²) in [5, 5.41) is 5.94. The summed E-state index contributed by atoms with van der Waals surface area (Å²) in [6, 6.07) is 0. The topological polar surface area (TPSA) is 42.0 Å². The summed E-state index contributed by atoms with van der Waals surface area (Å²) in [5.74, 6) is -0.0610. The van der Waals surface area contributed by atoms with Crippen molar-refractivity contribution in [2.45, 2.75) is 46.1 Å². The van der Waals surface area contributed by atoms with Crippen molar-refractivity contribution in [1.29, 1.82) is 0 Å². The van der Waals surface area contributed by atoms with Crippen LogP contribution in [0.15, 0.2) is 11.5 Å². The molecule has 94 valence electrons. The maximum absolute atomic E-state index is 11.7. The van der Waals surface area contributed by atoms with Gasteiger partial charge >= 0.3 is 0 Å². The third-order valence-corrected chi connectivity index (χ3v) is 3.17. The van der Waals surface area contributed by atoms with E-state index in [9.17, 15) is 4.79 Å². The molecule has 1 heterocycles. The zero-order valence-electron chi connectivity index (χ0n) is 10.9. The number of nitrogens with zero attached hydrogens (tertiary/aromatic N) is 1. The van der Waals surface area contributed by atoms with Crippen LogP contribution in [0.1, 0.15) is 44.3 Å². The zero-order chi connectivity index (χ0) is 12.9. The fourth-order valence-electron chi connectivity index (χ4n) is 1.68. The lowest BCUT2D eigenvalue weighted by atomic mass is 9.99. The molecule has 3 nitrogen and oxygen atoms in total. The SMILES string of the molecule is CCCC(C)(C)NC(=O)/C=C\c1csc(C)n1. The largest absolute Gasteiger partial charge is 0.348 e. The number of hydrogen-bond donors (Lipinski definition) is 1. The van der Waals surface area contributed by atoms with Gasteiger partial charge in [0.05, 0.1) is 10.7 Å². The van der Waals surface area contributed by atoms with Gasteiger partial charge in [-0.1, -0.05) is 13.3 Å². The lowest BCUT2D eigenvalue weighted by Gasteiger charge is -2.24. The van der Waals surface area contributed by atoms with Crippen LogP contribution in [0.2, 0.25) is 0 Å². The molecule has 1 aromatic rings. The van der Waals surface area contributed by atoms with E-state index in [-0.39, 0.29) is 11.4 Å². The molecule has 1 amide bonds. The molecule has 0 unspecified atom stereocenters. The first kappa shape index (κ1) is 13.9. The first-order valence-corrected chi connectivity index (χ1v) is 6.73. The van der Waals surface area contributed by atoms with E-state index in [1.807, 2.05) is 26.2 Å². The van der Waals surface area contributed by atoms with Gasteiger partial charge in [-0.15, -0.1) is 11.3 Å². The maximum Gasteiger partial charge on any atom is 0.244 e. The Kier molecular flexibility index (Phi) is 4.87. The van der Waals surface area contributed by atoms with Gasteiger partial charge in [0.2, 0.25) is 5.91 Å². The van der Waals surface area contributed by atoms with E-state index < -0.39 is 0 Å². The summed E-state index contributed by atoms with van der Waals surface area (Å²) < 4.78 is 0. The molecule has 17 heavy (non-hydrogen) atoms. The molecule has 1 N–H and O–H groups in total. The summed E-state index contributed by atoms with van der Waals surface area (Å²) in [7, 11) is 0. The van der Waals surface area contributed by atoms with E-state index in [1.165, 1.54) is 0 Å². The minimum Gasteiger partial charge on any atom is -0.348 e. The average molecular weight is 252 g/mol. The number of rotatable bonds is 5. The Balaban J connectivity index is 2.52. The molecule has 0 bridgehead atoms. The van der Waals surface area contributed by atoms with Crippen LogP contribution in [0.3, 0.4) is 0 Å². The highest BCUT2D eigenvalue weighted by molar-refractivity contribution is 7.09. The van der Waals surface area contributed by atoms with Crippen molar-refractivity contribution in [3.05, 3.63) is 22.2 Å². The second-order valence-electron chi connectivity index (χ2n) is 4.75. The third kappa shape index (κ3) is 5.13. The van der Waals surface area contributed by atoms with Gasteiger partial charge in [-0.25, -0.2) is 4.98 Å². The minimum atomic E-state index is -0.145. The molecule has 1 aromatic heterocycles. The molecule has 4 heteroatoms. The summed E-state index contributed by atoms with van der Waals surface area (Å²) in [6.45, 7) is 8.14. The van der Waals surface area contributed by atoms with Gasteiger partial charge < -0.3 is 5.32 Å². The van der Waals surface area contributed by atoms with Gasteiger partial charge in [-0.3, -0.25) is 4.79 Å². The van der Waals surface area contributed by atoms with Gasteiger partial charge in [-0.2, -0.15) is 0 Å². The van der Waals surface area contributed by atoms with Crippen LogP contribution in [0.5, 0.6) is 0 Å². The Morgan fingerprint density at radius 3 is 2.82 bits per heavy atom. The number of nitrogens with one attached hydrogen (secondary N) is 1. The van der Waals surface area contributed by atoms with E-state index in [0.29, 0.717) is 0 Å². The molecule has 0 fully saturated rings. The Labute approximate surface area is 107 Å². The highest BCUT2D eigenvalue weighted by Gasteiger charge is 2.17. The molecule has 0 spiro atoms. The van der Waals surface area contributed by atoms with Crippen LogP contribution < -0.4 is 5.32 Å². The molecule has 0 atom stereocenters. The van der Waals surface area contributed by atoms with Gasteiger partial charge in [0.1, 0.15) is 0 Å². The molecule has 0 aliphatic rings. The van der Waals surface area contributed by atoms with Crippen molar-refractivity contribution in [3.63, 3.8) is 0 Å². The predicted octanol–water partition coefficient (Wildman–Crippen LogP) is 3.16. The van der Waals surface area contributed by atoms with Crippen molar-refractivity contribution in [3.8, 4) is 0 Å². The smallest absolute Gasteiger partial charge is 0.244 e. The number of carbonyl (C=O) groups excluding carboxylic acids is 1. The highest BCUT2D eigenvalue weighted by Crippen LogP contribution is 2.11. The van der Waals surface area contributed by atoms with Crippen LogP contribution in [0.25, 0.3) is 6.08 Å². The Bertz CT molecular complexity index is 407. The van der Waals surface area contributed by atoms with Gasteiger partial charge in [0.25, 0.3) is 0 Å². The van der Waals surface area contributed by atoms with Crippen molar-refractivity contribution in [2.75, 3.05) is 0 Å². The first-order valence-electron chi connectivity index (χ1n) is 5.85. The van der Waals surface area contributed by atoms with Crippen molar-refractivity contribution in [2.24, 2.45) is 0 Å². The molecule has 0 radical (unpaired) electrons. The van der Waals surface area contributed by atoms with E-state index in [4.69, 9.17) is 0 Å². The number of hydrogen-bond acceptors (Lipinski definition) is 3. The van der Waals surface area contributed by atoms with Crippen LogP contribution in [-0.4, -0.2) is 16.4 Å². The molecule has 0 aliphatic carbocycles. The number of carbonyl (C=O) groups is 1. The second kappa shape index (κ2) is 5.96. The van der Waals surface area contributed by atoms with E-state index in [0.717, 1.165) is 23.5 Å². The summed E-state index contributed by atoms with van der Waals surface area (Å²) >= 11 is 1.58. The summed E-state index contributed by atoms with van der Waals surface area (Å²) in [4.78, 5) is 16.0. The summed E-state index contributed by atoms with van der Waals surface area (Å²) in [5.41, 5.74) is 0.699. The Morgan fingerprint density at radius 2 is 2.29 bits per heavy atom. The fourth-order valence-corrected chi connectivity index (χ4v) is 2.26. The third-order valence-electron chi connectivity index (χ3n) is 2.38. The molecule has 0 saturated heterocycles. The number of aromatic nitrogens is 1. The second-order valence-corrected chi connectivity index (χ2v) is 5.81. The number of amides is 1. The van der Waals surface area contributed by atoms with Crippen LogP contribution >= 0.6 is 11.3 Å². The number of thiazole rings is 1. The quantitative estimate of drug-likeness (QED) is 0.818. The first-order chi connectivity index (χ1) is 7.93. The Morgan fingerprint density at radius 1 is 1.59 bits per heavy atom. The van der Waals surface area contributed by atoms with Crippen molar-refractivity contribution in [1.82, 2.24) is 10.3 Å². The molecular formula is C13H20N2OS. The highest BCUT2D eigenvalue weighted by atomic mass is 32.1. The molecule has 1 rings (SSSR count). The van der Waals surface area contributed by atoms with Gasteiger partial charge in [0.15, 0.2) is 0 Å². The maximum atomic E-state index is 11.7. The average Bonchev–Trinajstić information content (AvgIpc) is 2.60. The van der Waals surface area contributed by atoms with Crippen molar-refractivity contribution >= 4 is 23.3 Å². The van der Waals surface area contributed by atoms with Crippen molar-refractivity contribution < 1.29 is 4.79 Å².